The number of rotatable bonds is 7. The molecule has 0 aromatic carbocycles. The molecule has 0 radical (unpaired) electrons. The molecule has 1 saturated heterocycles. The van der Waals surface area contributed by atoms with Crippen molar-refractivity contribution in [3.8, 4) is 0 Å². The third-order valence-electron chi connectivity index (χ3n) is 2.80. The maximum Gasteiger partial charge on any atom is 0.279 e. The molecule has 7 heteroatoms. The highest BCUT2D eigenvalue weighted by molar-refractivity contribution is 9.09. The van der Waals surface area contributed by atoms with Crippen molar-refractivity contribution in [3.05, 3.63) is 0 Å². The summed E-state index contributed by atoms with van der Waals surface area (Å²) in [7, 11) is -1.76. The summed E-state index contributed by atoms with van der Waals surface area (Å²) in [5, 5.41) is 0.754. The molecule has 1 rings (SSSR count). The first-order valence-corrected chi connectivity index (χ1v) is 8.48. The molecule has 0 aliphatic carbocycles. The molecular weight excluding hydrogens is 308 g/mol. The average Bonchev–Trinajstić information content (AvgIpc) is 2.30. The summed E-state index contributed by atoms with van der Waals surface area (Å²) in [6.07, 6.45) is 3.75. The van der Waals surface area contributed by atoms with Gasteiger partial charge < -0.3 is 4.74 Å². The van der Waals surface area contributed by atoms with Gasteiger partial charge in [-0.1, -0.05) is 22.4 Å². The largest absolute Gasteiger partial charge is 0.383 e. The van der Waals surface area contributed by atoms with Crippen LogP contribution < -0.4 is 4.72 Å². The van der Waals surface area contributed by atoms with E-state index in [1.54, 1.807) is 7.11 Å². The highest BCUT2D eigenvalue weighted by atomic mass is 79.9. The summed E-state index contributed by atoms with van der Waals surface area (Å²) in [4.78, 5) is 0. The van der Waals surface area contributed by atoms with Crippen LogP contribution in [0.15, 0.2) is 0 Å². The van der Waals surface area contributed by atoms with Crippen molar-refractivity contribution in [2.45, 2.75) is 31.7 Å². The fraction of sp³-hybridized carbons (Fsp3) is 1.00. The lowest BCUT2D eigenvalue weighted by Gasteiger charge is -2.28. The van der Waals surface area contributed by atoms with Gasteiger partial charge in [-0.25, -0.2) is 0 Å². The minimum absolute atomic E-state index is 0.161. The van der Waals surface area contributed by atoms with E-state index in [-0.39, 0.29) is 6.04 Å². The van der Waals surface area contributed by atoms with Crippen LogP contribution in [0.4, 0.5) is 0 Å². The van der Waals surface area contributed by atoms with Crippen LogP contribution in [-0.4, -0.2) is 50.9 Å². The van der Waals surface area contributed by atoms with E-state index in [0.717, 1.165) is 31.0 Å². The molecular formula is C10H21BrN2O3S. The van der Waals surface area contributed by atoms with Gasteiger partial charge in [-0.3, -0.25) is 0 Å². The molecule has 1 atom stereocenters. The summed E-state index contributed by atoms with van der Waals surface area (Å²) in [6.45, 7) is 1.66. The van der Waals surface area contributed by atoms with E-state index in [0.29, 0.717) is 19.7 Å². The fourth-order valence-corrected chi connectivity index (χ4v) is 3.95. The molecule has 1 aliphatic rings. The monoisotopic (exact) mass is 328 g/mol. The summed E-state index contributed by atoms with van der Waals surface area (Å²) in [5.74, 6) is 0. The summed E-state index contributed by atoms with van der Waals surface area (Å²) in [6, 6.07) is -0.161. The van der Waals surface area contributed by atoms with Crippen LogP contribution in [0.2, 0.25) is 0 Å². The zero-order chi connectivity index (χ0) is 12.7. The molecule has 1 aliphatic heterocycles. The lowest BCUT2D eigenvalue weighted by molar-refractivity contribution is 0.172. The maximum absolute atomic E-state index is 12.1. The topological polar surface area (TPSA) is 58.6 Å². The number of alkyl halides is 1. The Hall–Kier alpha value is 0.310. The van der Waals surface area contributed by atoms with Crippen LogP contribution in [0.3, 0.4) is 0 Å². The second-order valence-electron chi connectivity index (χ2n) is 4.21. The van der Waals surface area contributed by atoms with E-state index < -0.39 is 10.2 Å². The van der Waals surface area contributed by atoms with Crippen molar-refractivity contribution in [2.24, 2.45) is 0 Å². The van der Waals surface area contributed by atoms with Crippen molar-refractivity contribution >= 4 is 26.1 Å². The van der Waals surface area contributed by atoms with E-state index in [9.17, 15) is 8.42 Å². The zero-order valence-corrected chi connectivity index (χ0v) is 12.6. The van der Waals surface area contributed by atoms with Crippen LogP contribution in [-0.2, 0) is 14.9 Å². The minimum atomic E-state index is -3.34. The molecule has 1 unspecified atom stereocenters. The van der Waals surface area contributed by atoms with E-state index in [4.69, 9.17) is 4.74 Å². The van der Waals surface area contributed by atoms with Gasteiger partial charge >= 0.3 is 0 Å². The van der Waals surface area contributed by atoms with Crippen LogP contribution in [0.1, 0.15) is 25.7 Å². The molecule has 102 valence electrons. The molecule has 0 aromatic rings. The van der Waals surface area contributed by atoms with Gasteiger partial charge in [0.05, 0.1) is 6.61 Å². The Balaban J connectivity index is 2.55. The van der Waals surface area contributed by atoms with Gasteiger partial charge in [0.2, 0.25) is 0 Å². The molecule has 0 amide bonds. The maximum atomic E-state index is 12.1. The summed E-state index contributed by atoms with van der Waals surface area (Å²) < 4.78 is 33.4. The standard InChI is InChI=1S/C10H21BrN2O3S/c1-16-9-10(5-6-11)12-17(14,15)13-7-3-2-4-8-13/h10,12H,2-9H2,1H3. The average molecular weight is 329 g/mol. The number of hydrogen-bond donors (Lipinski definition) is 1. The molecule has 17 heavy (non-hydrogen) atoms. The van der Waals surface area contributed by atoms with Crippen LogP contribution in [0.5, 0.6) is 0 Å². The van der Waals surface area contributed by atoms with E-state index in [1.807, 2.05) is 0 Å². The van der Waals surface area contributed by atoms with Crippen LogP contribution >= 0.6 is 15.9 Å². The highest BCUT2D eigenvalue weighted by Gasteiger charge is 2.26. The lowest BCUT2D eigenvalue weighted by atomic mass is 10.2. The first-order valence-electron chi connectivity index (χ1n) is 5.92. The molecule has 0 spiro atoms. The Morgan fingerprint density at radius 3 is 2.53 bits per heavy atom. The predicted molar refractivity (Wildman–Crippen MR) is 71.6 cm³/mol. The zero-order valence-electron chi connectivity index (χ0n) is 10.2. The first kappa shape index (κ1) is 15.4. The fourth-order valence-electron chi connectivity index (χ4n) is 1.90. The van der Waals surface area contributed by atoms with Gasteiger partial charge in [-0.2, -0.15) is 17.4 Å². The normalized spacial score (nSPS) is 20.4. The van der Waals surface area contributed by atoms with E-state index in [2.05, 4.69) is 20.7 Å². The van der Waals surface area contributed by atoms with Crippen LogP contribution in [0, 0.1) is 0 Å². The lowest BCUT2D eigenvalue weighted by Crippen LogP contribution is -2.48. The predicted octanol–water partition coefficient (Wildman–Crippen LogP) is 1.11. The number of hydrogen-bond acceptors (Lipinski definition) is 3. The Morgan fingerprint density at radius 1 is 1.35 bits per heavy atom. The number of piperidine rings is 1. The summed E-state index contributed by atoms with van der Waals surface area (Å²) in [5.41, 5.74) is 0. The number of halogens is 1. The third-order valence-corrected chi connectivity index (χ3v) is 4.93. The molecule has 0 saturated carbocycles. The highest BCUT2D eigenvalue weighted by Crippen LogP contribution is 2.12. The first-order chi connectivity index (χ1) is 8.10. The third kappa shape index (κ3) is 5.21. The van der Waals surface area contributed by atoms with Crippen molar-refractivity contribution in [1.29, 1.82) is 0 Å². The molecule has 1 N–H and O–H groups in total. The van der Waals surface area contributed by atoms with Gasteiger partial charge in [0, 0.05) is 31.6 Å². The van der Waals surface area contributed by atoms with Gasteiger partial charge in [0.15, 0.2) is 0 Å². The van der Waals surface area contributed by atoms with Crippen molar-refractivity contribution < 1.29 is 13.2 Å². The van der Waals surface area contributed by atoms with Crippen molar-refractivity contribution in [1.82, 2.24) is 9.03 Å². The Labute approximate surface area is 112 Å². The van der Waals surface area contributed by atoms with Gasteiger partial charge in [0.25, 0.3) is 10.2 Å². The number of ether oxygens (including phenoxy) is 1. The Bertz CT molecular complexity index is 299. The summed E-state index contributed by atoms with van der Waals surface area (Å²) >= 11 is 3.32. The smallest absolute Gasteiger partial charge is 0.279 e. The van der Waals surface area contributed by atoms with E-state index in [1.165, 1.54) is 4.31 Å². The SMILES string of the molecule is COCC(CCBr)NS(=O)(=O)N1CCCCC1. The molecule has 1 heterocycles. The number of nitrogens with zero attached hydrogens (tertiary/aromatic N) is 1. The Kier molecular flexibility index (Phi) is 6.94. The molecule has 1 fully saturated rings. The van der Waals surface area contributed by atoms with Gasteiger partial charge in [0.1, 0.15) is 0 Å². The van der Waals surface area contributed by atoms with Crippen molar-refractivity contribution in [2.75, 3.05) is 32.1 Å². The van der Waals surface area contributed by atoms with Gasteiger partial charge in [-0.05, 0) is 19.3 Å². The second-order valence-corrected chi connectivity index (χ2v) is 6.71. The quantitative estimate of drug-likeness (QED) is 0.712. The van der Waals surface area contributed by atoms with Crippen molar-refractivity contribution in [3.63, 3.8) is 0 Å². The number of methoxy groups -OCH3 is 1. The van der Waals surface area contributed by atoms with E-state index >= 15 is 0 Å². The molecule has 0 bridgehead atoms. The molecule has 0 aromatic heterocycles. The molecule has 5 nitrogen and oxygen atoms in total. The second kappa shape index (κ2) is 7.68. The minimum Gasteiger partial charge on any atom is -0.383 e. The number of nitrogens with one attached hydrogen (secondary N) is 1. The van der Waals surface area contributed by atoms with Crippen LogP contribution in [0.25, 0.3) is 0 Å². The Morgan fingerprint density at radius 2 is 2.00 bits per heavy atom. The van der Waals surface area contributed by atoms with Gasteiger partial charge in [-0.15, -0.1) is 0 Å².